The van der Waals surface area contributed by atoms with Crippen LogP contribution in [-0.2, 0) is 15.6 Å². The molecule has 0 aromatic rings. The first-order chi connectivity index (χ1) is 6.63. The topological polar surface area (TPSA) is 54.4 Å². The van der Waals surface area contributed by atoms with E-state index in [1.165, 1.54) is 0 Å². The minimum Gasteiger partial charge on any atom is -0.481 e. The van der Waals surface area contributed by atoms with Gasteiger partial charge in [-0.1, -0.05) is 25.7 Å². The highest BCUT2D eigenvalue weighted by molar-refractivity contribution is 7.84. The highest BCUT2D eigenvalue weighted by Gasteiger charge is 1.96. The number of carbonyl (C=O) groups is 1. The molecule has 0 radical (unpaired) electrons. The van der Waals surface area contributed by atoms with Crippen molar-refractivity contribution in [2.45, 2.75) is 44.9 Å². The summed E-state index contributed by atoms with van der Waals surface area (Å²) >= 11 is 0. The van der Waals surface area contributed by atoms with Gasteiger partial charge in [-0.25, -0.2) is 0 Å². The van der Waals surface area contributed by atoms with Crippen LogP contribution in [-0.4, -0.2) is 27.3 Å². The lowest BCUT2D eigenvalue weighted by molar-refractivity contribution is -0.137. The maximum atomic E-state index is 10.7. The summed E-state index contributed by atoms with van der Waals surface area (Å²) in [5.41, 5.74) is 0. The maximum Gasteiger partial charge on any atom is 0.303 e. The van der Waals surface area contributed by atoms with Gasteiger partial charge in [0, 0.05) is 29.2 Å². The first kappa shape index (κ1) is 13.6. The Kier molecular flexibility index (Phi) is 8.94. The van der Waals surface area contributed by atoms with Crippen molar-refractivity contribution in [2.75, 3.05) is 12.0 Å². The van der Waals surface area contributed by atoms with E-state index < -0.39 is 16.8 Å². The molecule has 0 saturated carbocycles. The van der Waals surface area contributed by atoms with Gasteiger partial charge in [0.15, 0.2) is 0 Å². The summed E-state index contributed by atoms with van der Waals surface area (Å²) in [7, 11) is -0.658. The van der Waals surface area contributed by atoms with Crippen LogP contribution >= 0.6 is 0 Å². The summed E-state index contributed by atoms with van der Waals surface area (Å²) < 4.78 is 10.7. The van der Waals surface area contributed by atoms with E-state index in [9.17, 15) is 9.00 Å². The summed E-state index contributed by atoms with van der Waals surface area (Å²) in [6.07, 6.45) is 8.19. The second kappa shape index (κ2) is 9.19. The number of rotatable bonds is 9. The van der Waals surface area contributed by atoms with E-state index in [0.717, 1.165) is 44.3 Å². The third-order valence-corrected chi connectivity index (χ3v) is 2.94. The molecule has 0 rings (SSSR count). The molecule has 14 heavy (non-hydrogen) atoms. The fourth-order valence-corrected chi connectivity index (χ4v) is 1.90. The molecule has 0 heterocycles. The molecular weight excluding hydrogens is 200 g/mol. The van der Waals surface area contributed by atoms with E-state index in [4.69, 9.17) is 5.11 Å². The smallest absolute Gasteiger partial charge is 0.303 e. The van der Waals surface area contributed by atoms with E-state index in [2.05, 4.69) is 0 Å². The first-order valence-electron chi connectivity index (χ1n) is 5.14. The van der Waals surface area contributed by atoms with Gasteiger partial charge in [-0.15, -0.1) is 0 Å². The fourth-order valence-electron chi connectivity index (χ4n) is 1.29. The van der Waals surface area contributed by atoms with Gasteiger partial charge in [0.1, 0.15) is 0 Å². The molecule has 0 fully saturated rings. The summed E-state index contributed by atoms with van der Waals surface area (Å²) in [4.78, 5) is 10.2. The summed E-state index contributed by atoms with van der Waals surface area (Å²) in [5.74, 6) is 0.0983. The van der Waals surface area contributed by atoms with Crippen molar-refractivity contribution in [3.63, 3.8) is 0 Å². The number of carboxylic acids is 1. The maximum absolute atomic E-state index is 10.7. The SMILES string of the molecule is CS(=O)CCCCCCCCC(=O)O. The third kappa shape index (κ3) is 11.6. The Balaban J connectivity index is 2.99. The number of hydrogen-bond acceptors (Lipinski definition) is 2. The van der Waals surface area contributed by atoms with Crippen molar-refractivity contribution >= 4 is 16.8 Å². The van der Waals surface area contributed by atoms with Crippen LogP contribution in [0.4, 0.5) is 0 Å². The highest BCUT2D eigenvalue weighted by Crippen LogP contribution is 2.07. The molecule has 84 valence electrons. The van der Waals surface area contributed by atoms with E-state index in [1.807, 2.05) is 0 Å². The van der Waals surface area contributed by atoms with Gasteiger partial charge in [0.25, 0.3) is 0 Å². The highest BCUT2D eigenvalue weighted by atomic mass is 32.2. The van der Waals surface area contributed by atoms with Crippen LogP contribution in [0.25, 0.3) is 0 Å². The number of unbranched alkanes of at least 4 members (excludes halogenated alkanes) is 5. The number of hydrogen-bond donors (Lipinski definition) is 1. The molecule has 0 amide bonds. The van der Waals surface area contributed by atoms with Gasteiger partial charge >= 0.3 is 5.97 Å². The van der Waals surface area contributed by atoms with E-state index in [1.54, 1.807) is 6.26 Å². The largest absolute Gasteiger partial charge is 0.481 e. The fraction of sp³-hybridized carbons (Fsp3) is 0.900. The first-order valence-corrected chi connectivity index (χ1v) is 6.87. The Morgan fingerprint density at radius 1 is 1.07 bits per heavy atom. The zero-order valence-electron chi connectivity index (χ0n) is 8.83. The van der Waals surface area contributed by atoms with E-state index in [0.29, 0.717) is 6.42 Å². The molecular formula is C10H20O3S. The summed E-state index contributed by atoms with van der Waals surface area (Å²) in [5, 5.41) is 8.38. The number of carboxylic acid groups (broad SMARTS) is 1. The van der Waals surface area contributed by atoms with Crippen molar-refractivity contribution < 1.29 is 14.1 Å². The van der Waals surface area contributed by atoms with Gasteiger partial charge < -0.3 is 5.11 Å². The standard InChI is InChI=1S/C10H20O3S/c1-14(13)9-7-5-3-2-4-6-8-10(11)12/h2-9H2,1H3,(H,11,12). The lowest BCUT2D eigenvalue weighted by Crippen LogP contribution is -1.95. The Bertz CT molecular complexity index is 160. The Morgan fingerprint density at radius 3 is 2.07 bits per heavy atom. The lowest BCUT2D eigenvalue weighted by atomic mass is 10.1. The minimum absolute atomic E-state index is 0.291. The molecule has 0 aromatic heterocycles. The third-order valence-electron chi connectivity index (χ3n) is 2.07. The van der Waals surface area contributed by atoms with Crippen LogP contribution in [0.3, 0.4) is 0 Å². The molecule has 0 bridgehead atoms. The van der Waals surface area contributed by atoms with Crippen LogP contribution in [0.5, 0.6) is 0 Å². The summed E-state index contributed by atoms with van der Waals surface area (Å²) in [6, 6.07) is 0. The molecule has 0 aliphatic heterocycles. The molecule has 1 atom stereocenters. The normalized spacial score (nSPS) is 12.6. The predicted octanol–water partition coefficient (Wildman–Crippen LogP) is 2.18. The molecule has 0 aliphatic rings. The van der Waals surface area contributed by atoms with Crippen molar-refractivity contribution in [3.8, 4) is 0 Å². The monoisotopic (exact) mass is 220 g/mol. The van der Waals surface area contributed by atoms with Crippen LogP contribution in [0.15, 0.2) is 0 Å². The van der Waals surface area contributed by atoms with Gasteiger partial charge in [-0.05, 0) is 12.8 Å². The molecule has 1 N–H and O–H groups in total. The van der Waals surface area contributed by atoms with Crippen LogP contribution in [0.2, 0.25) is 0 Å². The average molecular weight is 220 g/mol. The second-order valence-corrected chi connectivity index (χ2v) is 5.10. The van der Waals surface area contributed by atoms with Crippen molar-refractivity contribution in [2.24, 2.45) is 0 Å². The zero-order chi connectivity index (χ0) is 10.8. The van der Waals surface area contributed by atoms with Gasteiger partial charge in [0.05, 0.1) is 0 Å². The van der Waals surface area contributed by atoms with E-state index in [-0.39, 0.29) is 0 Å². The molecule has 0 saturated heterocycles. The Hall–Kier alpha value is -0.380. The van der Waals surface area contributed by atoms with Crippen molar-refractivity contribution in [1.82, 2.24) is 0 Å². The summed E-state index contributed by atoms with van der Waals surface area (Å²) in [6.45, 7) is 0. The molecule has 4 heteroatoms. The molecule has 3 nitrogen and oxygen atoms in total. The Morgan fingerprint density at radius 2 is 1.57 bits per heavy atom. The van der Waals surface area contributed by atoms with Crippen molar-refractivity contribution in [3.05, 3.63) is 0 Å². The zero-order valence-corrected chi connectivity index (χ0v) is 9.65. The quantitative estimate of drug-likeness (QED) is 0.606. The predicted molar refractivity (Wildman–Crippen MR) is 58.9 cm³/mol. The lowest BCUT2D eigenvalue weighted by Gasteiger charge is -1.99. The van der Waals surface area contributed by atoms with Crippen molar-refractivity contribution in [1.29, 1.82) is 0 Å². The molecule has 1 unspecified atom stereocenters. The average Bonchev–Trinajstić information content (AvgIpc) is 2.08. The van der Waals surface area contributed by atoms with Gasteiger partial charge in [0.2, 0.25) is 0 Å². The Labute approximate surface area is 88.4 Å². The molecule has 0 aromatic carbocycles. The van der Waals surface area contributed by atoms with Crippen LogP contribution < -0.4 is 0 Å². The molecule has 0 aliphatic carbocycles. The minimum atomic E-state index is -0.702. The van der Waals surface area contributed by atoms with Gasteiger partial charge in [-0.3, -0.25) is 9.00 Å². The van der Waals surface area contributed by atoms with Gasteiger partial charge in [-0.2, -0.15) is 0 Å². The number of aliphatic carboxylic acids is 1. The van der Waals surface area contributed by atoms with Crippen LogP contribution in [0, 0.1) is 0 Å². The van der Waals surface area contributed by atoms with E-state index >= 15 is 0 Å². The second-order valence-electron chi connectivity index (χ2n) is 3.54. The molecule has 0 spiro atoms. The van der Waals surface area contributed by atoms with Crippen LogP contribution in [0.1, 0.15) is 44.9 Å².